The van der Waals surface area contributed by atoms with Crippen molar-refractivity contribution in [3.63, 3.8) is 0 Å². The van der Waals surface area contributed by atoms with E-state index in [0.29, 0.717) is 35.6 Å². The molecule has 2 atom stereocenters. The van der Waals surface area contributed by atoms with E-state index >= 15 is 0 Å². The highest BCUT2D eigenvalue weighted by atomic mass is 32.2. The molecule has 0 fully saturated rings. The fourth-order valence-electron chi connectivity index (χ4n) is 3.35. The van der Waals surface area contributed by atoms with E-state index in [1.807, 2.05) is 32.9 Å². The summed E-state index contributed by atoms with van der Waals surface area (Å²) in [7, 11) is 0. The van der Waals surface area contributed by atoms with Gasteiger partial charge in [0, 0.05) is 13.2 Å². The number of carbonyl (C=O) groups is 1. The molecule has 0 aliphatic carbocycles. The largest absolute Gasteiger partial charge is 0.379 e. The molecule has 3 rings (SSSR count). The summed E-state index contributed by atoms with van der Waals surface area (Å²) in [5.74, 6) is -0.505. The van der Waals surface area contributed by atoms with Crippen molar-refractivity contribution in [2.75, 3.05) is 6.61 Å². The highest BCUT2D eigenvalue weighted by Gasteiger charge is 2.21. The molecular weight excluding hydrogens is 441 g/mol. The second-order valence-electron chi connectivity index (χ2n) is 8.18. The minimum absolute atomic E-state index is 0.122. The number of hydrogen-bond donors (Lipinski definition) is 1. The summed E-state index contributed by atoms with van der Waals surface area (Å²) in [6.45, 7) is 8.56. The smallest absolute Gasteiger partial charge is 0.262 e. The van der Waals surface area contributed by atoms with Gasteiger partial charge in [0.25, 0.3) is 5.56 Å². The van der Waals surface area contributed by atoms with Crippen LogP contribution in [0.2, 0.25) is 0 Å². The molecular formula is C25H30FN3O3S. The van der Waals surface area contributed by atoms with Gasteiger partial charge >= 0.3 is 0 Å². The lowest BCUT2D eigenvalue weighted by Gasteiger charge is -2.19. The van der Waals surface area contributed by atoms with Crippen molar-refractivity contribution in [2.24, 2.45) is 0 Å². The van der Waals surface area contributed by atoms with Crippen LogP contribution in [0.15, 0.2) is 58.5 Å². The first kappa shape index (κ1) is 24.9. The SMILES string of the molecule is CC(C)OCCCn1c(S[C@H](C)C(=O)N[C@H](C)c2ccc(F)cc2)nc2ccccc2c1=O. The third-order valence-corrected chi connectivity index (χ3v) is 6.27. The fourth-order valence-corrected chi connectivity index (χ4v) is 4.30. The van der Waals surface area contributed by atoms with Gasteiger partial charge in [-0.1, -0.05) is 36.0 Å². The molecule has 0 aliphatic heterocycles. The van der Waals surface area contributed by atoms with Crippen molar-refractivity contribution < 1.29 is 13.9 Å². The first-order valence-corrected chi connectivity index (χ1v) is 12.0. The van der Waals surface area contributed by atoms with Gasteiger partial charge in [0.15, 0.2) is 5.16 Å². The van der Waals surface area contributed by atoms with Crippen LogP contribution in [0.25, 0.3) is 10.9 Å². The van der Waals surface area contributed by atoms with Gasteiger partial charge in [0.2, 0.25) is 5.91 Å². The number of thioether (sulfide) groups is 1. The minimum Gasteiger partial charge on any atom is -0.379 e. The Labute approximate surface area is 197 Å². The summed E-state index contributed by atoms with van der Waals surface area (Å²) in [5, 5.41) is 3.52. The highest BCUT2D eigenvalue weighted by molar-refractivity contribution is 8.00. The molecule has 2 aromatic carbocycles. The Balaban J connectivity index is 1.77. The molecule has 0 saturated heterocycles. The molecule has 0 spiro atoms. The second kappa shape index (κ2) is 11.4. The van der Waals surface area contributed by atoms with Crippen LogP contribution < -0.4 is 10.9 Å². The Kier molecular flexibility index (Phi) is 8.63. The topological polar surface area (TPSA) is 73.2 Å². The zero-order chi connectivity index (χ0) is 24.0. The summed E-state index contributed by atoms with van der Waals surface area (Å²) in [6.07, 6.45) is 0.783. The van der Waals surface area contributed by atoms with Crippen molar-refractivity contribution in [3.05, 3.63) is 70.3 Å². The van der Waals surface area contributed by atoms with Crippen molar-refractivity contribution in [2.45, 2.75) is 63.2 Å². The normalized spacial score (nSPS) is 13.3. The van der Waals surface area contributed by atoms with E-state index in [1.54, 1.807) is 35.8 Å². The number of aromatic nitrogens is 2. The quantitative estimate of drug-likeness (QED) is 0.263. The van der Waals surface area contributed by atoms with Crippen LogP contribution >= 0.6 is 11.8 Å². The highest BCUT2D eigenvalue weighted by Crippen LogP contribution is 2.24. The zero-order valence-corrected chi connectivity index (χ0v) is 20.2. The van der Waals surface area contributed by atoms with Gasteiger partial charge in [-0.15, -0.1) is 0 Å². The summed E-state index contributed by atoms with van der Waals surface area (Å²) in [6, 6.07) is 13.0. The lowest BCUT2D eigenvalue weighted by molar-refractivity contribution is -0.120. The molecule has 6 nitrogen and oxygen atoms in total. The van der Waals surface area contributed by atoms with Gasteiger partial charge in [-0.2, -0.15) is 0 Å². The van der Waals surface area contributed by atoms with E-state index in [0.717, 1.165) is 5.56 Å². The number of ether oxygens (including phenoxy) is 1. The molecule has 1 amide bonds. The Morgan fingerprint density at radius 3 is 2.52 bits per heavy atom. The third kappa shape index (κ3) is 6.65. The molecule has 0 aliphatic rings. The number of nitrogens with zero attached hydrogens (tertiary/aromatic N) is 2. The van der Waals surface area contributed by atoms with Gasteiger partial charge in [0.1, 0.15) is 5.82 Å². The number of amides is 1. The lowest BCUT2D eigenvalue weighted by atomic mass is 10.1. The minimum atomic E-state index is -0.487. The van der Waals surface area contributed by atoms with E-state index in [1.165, 1.54) is 23.9 Å². The van der Waals surface area contributed by atoms with Crippen LogP contribution in [-0.4, -0.2) is 33.4 Å². The monoisotopic (exact) mass is 471 g/mol. The maximum absolute atomic E-state index is 13.2. The predicted octanol–water partition coefficient (Wildman–Crippen LogP) is 4.71. The van der Waals surface area contributed by atoms with Crippen LogP contribution in [0, 0.1) is 5.82 Å². The predicted molar refractivity (Wildman–Crippen MR) is 130 cm³/mol. The van der Waals surface area contributed by atoms with Crippen molar-refractivity contribution in [1.82, 2.24) is 14.9 Å². The summed E-state index contributed by atoms with van der Waals surface area (Å²) >= 11 is 1.25. The summed E-state index contributed by atoms with van der Waals surface area (Å²) < 4.78 is 20.4. The number of nitrogens with one attached hydrogen (secondary N) is 1. The molecule has 3 aromatic rings. The van der Waals surface area contributed by atoms with E-state index < -0.39 is 5.25 Å². The van der Waals surface area contributed by atoms with Gasteiger partial charge in [-0.25, -0.2) is 9.37 Å². The Hall–Kier alpha value is -2.71. The zero-order valence-electron chi connectivity index (χ0n) is 19.4. The van der Waals surface area contributed by atoms with E-state index in [9.17, 15) is 14.0 Å². The first-order valence-electron chi connectivity index (χ1n) is 11.1. The van der Waals surface area contributed by atoms with Gasteiger partial charge < -0.3 is 10.1 Å². The fraction of sp³-hybridized carbons (Fsp3) is 0.400. The van der Waals surface area contributed by atoms with Crippen molar-refractivity contribution in [1.29, 1.82) is 0 Å². The molecule has 33 heavy (non-hydrogen) atoms. The van der Waals surface area contributed by atoms with E-state index in [-0.39, 0.29) is 29.4 Å². The van der Waals surface area contributed by atoms with E-state index in [2.05, 4.69) is 10.3 Å². The number of rotatable bonds is 10. The standard InChI is InChI=1S/C25H30FN3O3S/c1-16(2)32-15-7-14-29-24(31)21-8-5-6-9-22(21)28-25(29)33-18(4)23(30)27-17(3)19-10-12-20(26)13-11-19/h5-6,8-13,16-18H,7,14-15H2,1-4H3,(H,27,30)/t17-,18-/m1/s1. The lowest BCUT2D eigenvalue weighted by Crippen LogP contribution is -2.34. The number of halogens is 1. The number of carbonyl (C=O) groups excluding carboxylic acids is 1. The number of benzene rings is 2. The second-order valence-corrected chi connectivity index (χ2v) is 9.49. The van der Waals surface area contributed by atoms with Gasteiger partial charge in [-0.05, 0) is 63.9 Å². The molecule has 1 heterocycles. The van der Waals surface area contributed by atoms with Crippen LogP contribution in [-0.2, 0) is 16.1 Å². The molecule has 0 bridgehead atoms. The van der Waals surface area contributed by atoms with Crippen molar-refractivity contribution in [3.8, 4) is 0 Å². The average molecular weight is 472 g/mol. The average Bonchev–Trinajstić information content (AvgIpc) is 2.78. The molecule has 8 heteroatoms. The van der Waals surface area contributed by atoms with Crippen LogP contribution in [0.1, 0.15) is 45.7 Å². The van der Waals surface area contributed by atoms with Gasteiger partial charge in [-0.3, -0.25) is 14.2 Å². The first-order chi connectivity index (χ1) is 15.8. The Bertz CT molecular complexity index is 1150. The Morgan fingerprint density at radius 1 is 1.12 bits per heavy atom. The Morgan fingerprint density at radius 2 is 1.82 bits per heavy atom. The van der Waals surface area contributed by atoms with Crippen LogP contribution in [0.4, 0.5) is 4.39 Å². The molecule has 1 aromatic heterocycles. The van der Waals surface area contributed by atoms with Gasteiger partial charge in [0.05, 0.1) is 28.3 Å². The van der Waals surface area contributed by atoms with Crippen LogP contribution in [0.5, 0.6) is 0 Å². The molecule has 176 valence electrons. The number of para-hydroxylation sites is 1. The third-order valence-electron chi connectivity index (χ3n) is 5.18. The number of fused-ring (bicyclic) bond motifs is 1. The molecule has 1 N–H and O–H groups in total. The number of hydrogen-bond acceptors (Lipinski definition) is 5. The molecule has 0 radical (unpaired) electrons. The van der Waals surface area contributed by atoms with E-state index in [4.69, 9.17) is 4.74 Å². The van der Waals surface area contributed by atoms with Crippen LogP contribution in [0.3, 0.4) is 0 Å². The summed E-state index contributed by atoms with van der Waals surface area (Å²) in [4.78, 5) is 30.7. The maximum Gasteiger partial charge on any atom is 0.262 e. The summed E-state index contributed by atoms with van der Waals surface area (Å²) in [5.41, 5.74) is 1.29. The maximum atomic E-state index is 13.2. The molecule has 0 saturated carbocycles. The molecule has 0 unspecified atom stereocenters. The van der Waals surface area contributed by atoms with Crippen molar-refractivity contribution >= 4 is 28.6 Å².